The van der Waals surface area contributed by atoms with Crippen LogP contribution in [0.3, 0.4) is 0 Å². The minimum Gasteiger partial charge on any atom is -0.396 e. The Hall–Kier alpha value is -0.610. The van der Waals surface area contributed by atoms with E-state index in [1.165, 1.54) is 19.3 Å². The number of carbonyl (C=O) groups excluding carboxylic acids is 1. The Morgan fingerprint density at radius 1 is 1.18 bits per heavy atom. The molecule has 2 aliphatic rings. The zero-order chi connectivity index (χ0) is 12.1. The van der Waals surface area contributed by atoms with Crippen molar-refractivity contribution in [1.82, 2.24) is 9.80 Å². The van der Waals surface area contributed by atoms with Crippen LogP contribution in [0.15, 0.2) is 0 Å². The summed E-state index contributed by atoms with van der Waals surface area (Å²) in [7, 11) is 0. The van der Waals surface area contributed by atoms with Crippen molar-refractivity contribution in [3.8, 4) is 0 Å². The SMILES string of the molecule is O=C(CN1CCCC(CCO)C1)N1CCCC1. The number of aliphatic hydroxyl groups excluding tert-OH is 1. The van der Waals surface area contributed by atoms with E-state index in [0.29, 0.717) is 18.4 Å². The van der Waals surface area contributed by atoms with Crippen LogP contribution in [-0.4, -0.2) is 60.1 Å². The minimum atomic E-state index is 0.276. The highest BCUT2D eigenvalue weighted by molar-refractivity contribution is 5.78. The quantitative estimate of drug-likeness (QED) is 0.787. The van der Waals surface area contributed by atoms with Crippen LogP contribution in [0.2, 0.25) is 0 Å². The summed E-state index contributed by atoms with van der Waals surface area (Å²) < 4.78 is 0. The predicted octanol–water partition coefficient (Wildman–Crippen LogP) is 0.703. The fourth-order valence-electron chi connectivity index (χ4n) is 2.97. The summed E-state index contributed by atoms with van der Waals surface area (Å²) in [6, 6.07) is 0. The summed E-state index contributed by atoms with van der Waals surface area (Å²) in [6.07, 6.45) is 5.58. The fourth-order valence-corrected chi connectivity index (χ4v) is 2.97. The molecule has 2 saturated heterocycles. The van der Waals surface area contributed by atoms with E-state index in [2.05, 4.69) is 4.90 Å². The lowest BCUT2D eigenvalue weighted by Crippen LogP contribution is -2.43. The first-order valence-corrected chi connectivity index (χ1v) is 6.90. The van der Waals surface area contributed by atoms with Crippen LogP contribution in [0.25, 0.3) is 0 Å². The van der Waals surface area contributed by atoms with E-state index in [4.69, 9.17) is 5.11 Å². The van der Waals surface area contributed by atoms with E-state index in [0.717, 1.165) is 39.0 Å². The van der Waals surface area contributed by atoms with Gasteiger partial charge < -0.3 is 10.0 Å². The van der Waals surface area contributed by atoms with Crippen molar-refractivity contribution in [3.63, 3.8) is 0 Å². The van der Waals surface area contributed by atoms with Crippen molar-refractivity contribution in [2.24, 2.45) is 5.92 Å². The van der Waals surface area contributed by atoms with Gasteiger partial charge in [0.1, 0.15) is 0 Å². The second-order valence-corrected chi connectivity index (χ2v) is 5.34. The van der Waals surface area contributed by atoms with Gasteiger partial charge in [0.25, 0.3) is 0 Å². The van der Waals surface area contributed by atoms with Gasteiger partial charge in [0.15, 0.2) is 0 Å². The van der Waals surface area contributed by atoms with Gasteiger partial charge in [-0.25, -0.2) is 0 Å². The van der Waals surface area contributed by atoms with Crippen molar-refractivity contribution < 1.29 is 9.90 Å². The highest BCUT2D eigenvalue weighted by atomic mass is 16.3. The van der Waals surface area contributed by atoms with Gasteiger partial charge in [-0.3, -0.25) is 9.69 Å². The molecule has 2 fully saturated rings. The maximum Gasteiger partial charge on any atom is 0.236 e. The molecule has 98 valence electrons. The summed E-state index contributed by atoms with van der Waals surface area (Å²) in [4.78, 5) is 16.3. The molecule has 2 heterocycles. The van der Waals surface area contributed by atoms with E-state index in [1.807, 2.05) is 4.90 Å². The van der Waals surface area contributed by atoms with Gasteiger partial charge in [-0.2, -0.15) is 0 Å². The van der Waals surface area contributed by atoms with Crippen LogP contribution in [0, 0.1) is 5.92 Å². The van der Waals surface area contributed by atoms with E-state index in [-0.39, 0.29) is 6.61 Å². The van der Waals surface area contributed by atoms with E-state index in [1.54, 1.807) is 0 Å². The van der Waals surface area contributed by atoms with Gasteiger partial charge >= 0.3 is 0 Å². The molecule has 0 aromatic carbocycles. The first kappa shape index (κ1) is 12.8. The molecule has 1 N–H and O–H groups in total. The zero-order valence-electron chi connectivity index (χ0n) is 10.6. The highest BCUT2D eigenvalue weighted by Gasteiger charge is 2.24. The monoisotopic (exact) mass is 240 g/mol. The zero-order valence-corrected chi connectivity index (χ0v) is 10.6. The highest BCUT2D eigenvalue weighted by Crippen LogP contribution is 2.19. The molecule has 0 saturated carbocycles. The summed E-state index contributed by atoms with van der Waals surface area (Å²) in [5, 5.41) is 8.97. The third-order valence-corrected chi connectivity index (χ3v) is 3.96. The largest absolute Gasteiger partial charge is 0.396 e. The standard InChI is InChI=1S/C13H24N2O2/c16-9-5-12-4-3-6-14(10-12)11-13(17)15-7-1-2-8-15/h12,16H,1-11H2. The van der Waals surface area contributed by atoms with Crippen LogP contribution >= 0.6 is 0 Å². The third kappa shape index (κ3) is 3.68. The van der Waals surface area contributed by atoms with E-state index in [9.17, 15) is 4.79 Å². The van der Waals surface area contributed by atoms with Crippen LogP contribution in [0.4, 0.5) is 0 Å². The number of amides is 1. The number of carbonyl (C=O) groups is 1. The predicted molar refractivity (Wildman–Crippen MR) is 66.7 cm³/mol. The summed E-state index contributed by atoms with van der Waals surface area (Å²) >= 11 is 0. The Bertz CT molecular complexity index is 250. The molecule has 0 aliphatic carbocycles. The van der Waals surface area contributed by atoms with Crippen molar-refractivity contribution in [3.05, 3.63) is 0 Å². The van der Waals surface area contributed by atoms with Crippen LogP contribution in [0.1, 0.15) is 32.1 Å². The van der Waals surface area contributed by atoms with E-state index < -0.39 is 0 Å². The number of nitrogens with zero attached hydrogens (tertiary/aromatic N) is 2. The van der Waals surface area contributed by atoms with Crippen molar-refractivity contribution in [2.75, 3.05) is 39.3 Å². The first-order valence-electron chi connectivity index (χ1n) is 6.90. The van der Waals surface area contributed by atoms with Crippen molar-refractivity contribution >= 4 is 5.91 Å². The molecule has 0 aromatic heterocycles. The second kappa shape index (κ2) is 6.36. The maximum absolute atomic E-state index is 12.0. The van der Waals surface area contributed by atoms with Gasteiger partial charge in [-0.1, -0.05) is 0 Å². The molecule has 1 unspecified atom stereocenters. The average molecular weight is 240 g/mol. The molecule has 0 radical (unpaired) electrons. The molecular weight excluding hydrogens is 216 g/mol. The molecule has 2 aliphatic heterocycles. The molecule has 4 nitrogen and oxygen atoms in total. The second-order valence-electron chi connectivity index (χ2n) is 5.34. The Morgan fingerprint density at radius 2 is 1.94 bits per heavy atom. The van der Waals surface area contributed by atoms with Gasteiger partial charge in [-0.05, 0) is 44.6 Å². The maximum atomic E-state index is 12.0. The number of likely N-dealkylation sites (tertiary alicyclic amines) is 2. The summed E-state index contributed by atoms with van der Waals surface area (Å²) in [6.45, 7) is 4.79. The summed E-state index contributed by atoms with van der Waals surface area (Å²) in [5.74, 6) is 0.882. The normalized spacial score (nSPS) is 26.4. The van der Waals surface area contributed by atoms with Gasteiger partial charge in [0, 0.05) is 26.2 Å². The van der Waals surface area contributed by atoms with Gasteiger partial charge in [0.05, 0.1) is 6.54 Å². The Labute approximate surface area is 104 Å². The van der Waals surface area contributed by atoms with Crippen LogP contribution < -0.4 is 0 Å². The van der Waals surface area contributed by atoms with E-state index >= 15 is 0 Å². The molecule has 0 aromatic rings. The Balaban J connectivity index is 1.75. The molecule has 17 heavy (non-hydrogen) atoms. The molecule has 0 bridgehead atoms. The molecule has 1 amide bonds. The van der Waals surface area contributed by atoms with Crippen LogP contribution in [-0.2, 0) is 4.79 Å². The topological polar surface area (TPSA) is 43.8 Å². The number of aliphatic hydroxyl groups is 1. The number of rotatable bonds is 4. The third-order valence-electron chi connectivity index (χ3n) is 3.96. The number of hydrogen-bond donors (Lipinski definition) is 1. The number of piperidine rings is 1. The molecule has 4 heteroatoms. The van der Waals surface area contributed by atoms with Crippen molar-refractivity contribution in [2.45, 2.75) is 32.1 Å². The fraction of sp³-hybridized carbons (Fsp3) is 0.923. The lowest BCUT2D eigenvalue weighted by atomic mass is 9.95. The molecular formula is C13H24N2O2. The molecule has 2 rings (SSSR count). The van der Waals surface area contributed by atoms with Gasteiger partial charge in [0.2, 0.25) is 5.91 Å². The van der Waals surface area contributed by atoms with Crippen LogP contribution in [0.5, 0.6) is 0 Å². The molecule has 0 spiro atoms. The lowest BCUT2D eigenvalue weighted by molar-refractivity contribution is -0.131. The first-order chi connectivity index (χ1) is 8.29. The summed E-state index contributed by atoms with van der Waals surface area (Å²) in [5.41, 5.74) is 0. The Morgan fingerprint density at radius 3 is 2.65 bits per heavy atom. The smallest absolute Gasteiger partial charge is 0.236 e. The minimum absolute atomic E-state index is 0.276. The average Bonchev–Trinajstić information content (AvgIpc) is 2.83. The van der Waals surface area contributed by atoms with Gasteiger partial charge in [-0.15, -0.1) is 0 Å². The molecule has 1 atom stereocenters. The Kier molecular flexibility index (Phi) is 4.80. The van der Waals surface area contributed by atoms with Crippen molar-refractivity contribution in [1.29, 1.82) is 0 Å². The lowest BCUT2D eigenvalue weighted by Gasteiger charge is -2.32. The number of hydrogen-bond acceptors (Lipinski definition) is 3.